The van der Waals surface area contributed by atoms with Gasteiger partial charge in [0.25, 0.3) is 5.91 Å². The molecule has 0 radical (unpaired) electrons. The molecule has 1 heterocycles. The molecule has 1 aliphatic rings. The first-order chi connectivity index (χ1) is 16.1. The number of pyridine rings is 1. The number of carbonyl (C=O) groups is 2. The van der Waals surface area contributed by atoms with Gasteiger partial charge in [-0.25, -0.2) is 4.79 Å². The second kappa shape index (κ2) is 13.1. The number of hydrogen-bond acceptors (Lipinski definition) is 4. The van der Waals surface area contributed by atoms with E-state index in [1.54, 1.807) is 6.20 Å². The molecule has 0 aliphatic heterocycles. The second-order valence-electron chi connectivity index (χ2n) is 8.55. The quantitative estimate of drug-likeness (QED) is 0.485. The van der Waals surface area contributed by atoms with Gasteiger partial charge >= 0.3 is 12.1 Å². The number of amides is 1. The molecule has 0 bridgehead atoms. The third-order valence-electron chi connectivity index (χ3n) is 5.79. The molecule has 3 N–H and O–H groups in total. The molecule has 1 aromatic carbocycles. The van der Waals surface area contributed by atoms with Gasteiger partial charge < -0.3 is 15.7 Å². The number of carboxylic acid groups (broad SMARTS) is 1. The third-order valence-corrected chi connectivity index (χ3v) is 5.79. The number of hydrogen-bond donors (Lipinski definition) is 3. The van der Waals surface area contributed by atoms with E-state index < -0.39 is 12.1 Å². The molecule has 34 heavy (non-hydrogen) atoms. The number of aromatic nitrogens is 1. The summed E-state index contributed by atoms with van der Waals surface area (Å²) in [7, 11) is 0. The first-order valence-electron chi connectivity index (χ1n) is 11.5. The lowest BCUT2D eigenvalue weighted by Crippen LogP contribution is -2.28. The van der Waals surface area contributed by atoms with Crippen molar-refractivity contribution < 1.29 is 27.9 Å². The Hall–Kier alpha value is -2.94. The Kier molecular flexibility index (Phi) is 10.5. The molecule has 0 saturated heterocycles. The van der Waals surface area contributed by atoms with E-state index in [0.29, 0.717) is 24.1 Å². The predicted molar refractivity (Wildman–Crippen MR) is 124 cm³/mol. The zero-order chi connectivity index (χ0) is 25.1. The summed E-state index contributed by atoms with van der Waals surface area (Å²) in [6.45, 7) is 5.88. The zero-order valence-corrected chi connectivity index (χ0v) is 19.5. The van der Waals surface area contributed by atoms with E-state index in [0.717, 1.165) is 24.1 Å². The lowest BCUT2D eigenvalue weighted by Gasteiger charge is -2.12. The maximum atomic E-state index is 12.4. The highest BCUT2D eigenvalue weighted by Crippen LogP contribution is 2.21. The van der Waals surface area contributed by atoms with Crippen LogP contribution in [0.25, 0.3) is 11.1 Å². The van der Waals surface area contributed by atoms with Gasteiger partial charge in [-0.3, -0.25) is 9.78 Å². The van der Waals surface area contributed by atoms with Crippen LogP contribution in [0.5, 0.6) is 0 Å². The van der Waals surface area contributed by atoms with Gasteiger partial charge in [-0.2, -0.15) is 13.2 Å². The van der Waals surface area contributed by atoms with E-state index in [-0.39, 0.29) is 5.91 Å². The van der Waals surface area contributed by atoms with E-state index in [2.05, 4.69) is 53.7 Å². The monoisotopic (exact) mass is 479 g/mol. The van der Waals surface area contributed by atoms with Crippen molar-refractivity contribution in [1.29, 1.82) is 0 Å². The molecule has 9 heteroatoms. The fourth-order valence-electron chi connectivity index (χ4n) is 3.44. The Bertz CT molecular complexity index is 927. The van der Waals surface area contributed by atoms with E-state index in [9.17, 15) is 18.0 Å². The normalized spacial score (nSPS) is 14.7. The van der Waals surface area contributed by atoms with E-state index in [1.807, 2.05) is 12.3 Å². The van der Waals surface area contributed by atoms with Crippen LogP contribution in [0.4, 0.5) is 13.2 Å². The van der Waals surface area contributed by atoms with Gasteiger partial charge in [0, 0.05) is 37.1 Å². The molecule has 0 unspecified atom stereocenters. The summed E-state index contributed by atoms with van der Waals surface area (Å²) in [4.78, 5) is 25.5. The van der Waals surface area contributed by atoms with Gasteiger partial charge in [0.2, 0.25) is 0 Å². The molecule has 2 aromatic rings. The van der Waals surface area contributed by atoms with Crippen molar-refractivity contribution in [1.82, 2.24) is 15.6 Å². The molecule has 1 fully saturated rings. The van der Waals surface area contributed by atoms with E-state index in [1.165, 1.54) is 31.2 Å². The number of carbonyl (C=O) groups excluding carboxylic acids is 1. The van der Waals surface area contributed by atoms with Crippen LogP contribution in [-0.2, 0) is 11.3 Å². The number of rotatable bonds is 8. The van der Waals surface area contributed by atoms with Crippen LogP contribution in [0.15, 0.2) is 42.7 Å². The first kappa shape index (κ1) is 27.3. The summed E-state index contributed by atoms with van der Waals surface area (Å²) in [6, 6.07) is 11.2. The van der Waals surface area contributed by atoms with E-state index in [4.69, 9.17) is 9.90 Å². The fraction of sp³-hybridized carbons (Fsp3) is 0.480. The number of nitrogens with zero attached hydrogens (tertiary/aromatic N) is 1. The summed E-state index contributed by atoms with van der Waals surface area (Å²) in [6.07, 6.45) is 4.73. The van der Waals surface area contributed by atoms with Crippen molar-refractivity contribution >= 4 is 11.9 Å². The van der Waals surface area contributed by atoms with Crippen molar-refractivity contribution in [2.45, 2.75) is 64.7 Å². The smallest absolute Gasteiger partial charge is 0.475 e. The topological polar surface area (TPSA) is 91.3 Å². The highest BCUT2D eigenvalue weighted by atomic mass is 19.4. The molecule has 1 aliphatic carbocycles. The van der Waals surface area contributed by atoms with Crippen LogP contribution in [0.3, 0.4) is 0 Å². The summed E-state index contributed by atoms with van der Waals surface area (Å²) in [5, 5.41) is 13.8. The second-order valence-corrected chi connectivity index (χ2v) is 8.55. The van der Waals surface area contributed by atoms with Gasteiger partial charge in [-0.1, -0.05) is 57.4 Å². The number of halogens is 3. The van der Waals surface area contributed by atoms with Gasteiger partial charge in [-0.05, 0) is 36.0 Å². The van der Waals surface area contributed by atoms with Crippen LogP contribution in [0.1, 0.15) is 61.9 Å². The van der Waals surface area contributed by atoms with Gasteiger partial charge in [-0.15, -0.1) is 0 Å². The van der Waals surface area contributed by atoms with Crippen molar-refractivity contribution in [2.75, 3.05) is 6.54 Å². The average molecular weight is 480 g/mol. The molecular weight excluding hydrogens is 447 g/mol. The van der Waals surface area contributed by atoms with Gasteiger partial charge in [0.05, 0.1) is 5.56 Å². The molecule has 186 valence electrons. The van der Waals surface area contributed by atoms with Crippen molar-refractivity contribution in [3.8, 4) is 11.1 Å². The zero-order valence-electron chi connectivity index (χ0n) is 19.5. The third kappa shape index (κ3) is 9.13. The Morgan fingerprint density at radius 1 is 1.12 bits per heavy atom. The summed E-state index contributed by atoms with van der Waals surface area (Å²) >= 11 is 0. The lowest BCUT2D eigenvalue weighted by molar-refractivity contribution is -0.192. The Labute approximate surface area is 198 Å². The van der Waals surface area contributed by atoms with Gasteiger partial charge in [0.1, 0.15) is 0 Å². The summed E-state index contributed by atoms with van der Waals surface area (Å²) in [5.74, 6) is -2.33. The number of aliphatic carboxylic acids is 1. The minimum Gasteiger partial charge on any atom is -0.475 e. The summed E-state index contributed by atoms with van der Waals surface area (Å²) < 4.78 is 31.7. The lowest BCUT2D eigenvalue weighted by atomic mass is 10.0. The highest BCUT2D eigenvalue weighted by molar-refractivity contribution is 5.95. The number of nitrogens with one attached hydrogen (secondary N) is 2. The van der Waals surface area contributed by atoms with Crippen LogP contribution in [0.2, 0.25) is 0 Å². The van der Waals surface area contributed by atoms with Crippen molar-refractivity contribution in [2.24, 2.45) is 5.92 Å². The standard InChI is InChI=1S/C23H31N3O.C2HF3O2/c1-3-17(2)13-26-23(27)21-12-20(15-24-16-21)19-10-8-18(9-11-19)14-25-22-6-4-5-7-22;3-2(4,5)1(6)7/h8-12,15-17,22,25H,3-7,13-14H2,1-2H3,(H,26,27);(H,6,7)/t17-;/m0./s1. The minimum absolute atomic E-state index is 0.0537. The number of carboxylic acids is 1. The van der Waals surface area contributed by atoms with Crippen LogP contribution in [-0.4, -0.2) is 40.7 Å². The molecule has 1 amide bonds. The molecule has 3 rings (SSSR count). The Balaban J connectivity index is 0.000000509. The molecule has 1 aromatic heterocycles. The Morgan fingerprint density at radius 2 is 1.74 bits per heavy atom. The van der Waals surface area contributed by atoms with Crippen LogP contribution in [0, 0.1) is 5.92 Å². The summed E-state index contributed by atoms with van der Waals surface area (Å²) in [5.41, 5.74) is 3.97. The van der Waals surface area contributed by atoms with E-state index >= 15 is 0 Å². The SMILES string of the molecule is CC[C@H](C)CNC(=O)c1cncc(-c2ccc(CNC3CCCC3)cc2)c1.O=C(O)C(F)(F)F. The largest absolute Gasteiger partial charge is 0.490 e. The van der Waals surface area contributed by atoms with Crippen LogP contribution < -0.4 is 10.6 Å². The molecule has 1 atom stereocenters. The number of alkyl halides is 3. The van der Waals surface area contributed by atoms with Gasteiger partial charge in [0.15, 0.2) is 0 Å². The van der Waals surface area contributed by atoms with Crippen LogP contribution >= 0.6 is 0 Å². The maximum absolute atomic E-state index is 12.4. The number of benzene rings is 1. The predicted octanol–water partition coefficient (Wildman–Crippen LogP) is 5.19. The average Bonchev–Trinajstić information content (AvgIpc) is 3.35. The molecular formula is C25H32F3N3O3. The molecule has 0 spiro atoms. The fourth-order valence-corrected chi connectivity index (χ4v) is 3.44. The van der Waals surface area contributed by atoms with Crippen molar-refractivity contribution in [3.05, 3.63) is 53.9 Å². The molecule has 1 saturated carbocycles. The highest BCUT2D eigenvalue weighted by Gasteiger charge is 2.38. The molecule has 6 nitrogen and oxygen atoms in total. The van der Waals surface area contributed by atoms with Crippen molar-refractivity contribution in [3.63, 3.8) is 0 Å². The first-order valence-corrected chi connectivity index (χ1v) is 11.5. The Morgan fingerprint density at radius 3 is 2.29 bits per heavy atom. The maximum Gasteiger partial charge on any atom is 0.490 e. The minimum atomic E-state index is -5.08.